The monoisotopic (exact) mass is 555 g/mol. The molecule has 1 heterocycles. The first-order valence-electron chi connectivity index (χ1n) is 14.2. The number of nitrogens with two attached hydrogens (primary N) is 1. The van der Waals surface area contributed by atoms with Crippen LogP contribution in [0.3, 0.4) is 0 Å². The lowest BCUT2D eigenvalue weighted by Crippen LogP contribution is -2.36. The van der Waals surface area contributed by atoms with Crippen LogP contribution >= 0.6 is 0 Å². The zero-order valence-electron chi connectivity index (χ0n) is 24.4. The second-order valence-electron chi connectivity index (χ2n) is 11.5. The highest BCUT2D eigenvalue weighted by Crippen LogP contribution is 2.27. The van der Waals surface area contributed by atoms with E-state index in [0.29, 0.717) is 17.7 Å². The number of amides is 2. The molecule has 0 spiro atoms. The van der Waals surface area contributed by atoms with E-state index >= 15 is 0 Å². The van der Waals surface area contributed by atoms with Gasteiger partial charge in [0.25, 0.3) is 5.91 Å². The molecule has 0 atom stereocenters. The molecule has 41 heavy (non-hydrogen) atoms. The number of hydrogen-bond donors (Lipinski definition) is 4. The Morgan fingerprint density at radius 1 is 1.00 bits per heavy atom. The maximum atomic E-state index is 13.2. The van der Waals surface area contributed by atoms with Crippen LogP contribution in [0.25, 0.3) is 21.7 Å². The van der Waals surface area contributed by atoms with Crippen molar-refractivity contribution in [2.45, 2.75) is 71.1 Å². The summed E-state index contributed by atoms with van der Waals surface area (Å²) in [5.41, 5.74) is 8.82. The predicted molar refractivity (Wildman–Crippen MR) is 166 cm³/mol. The van der Waals surface area contributed by atoms with Gasteiger partial charge in [-0.3, -0.25) is 10.2 Å². The van der Waals surface area contributed by atoms with Gasteiger partial charge in [-0.05, 0) is 56.0 Å². The lowest BCUT2D eigenvalue weighted by atomic mass is 9.95. The van der Waals surface area contributed by atoms with Crippen LogP contribution in [0.1, 0.15) is 74.4 Å². The Labute approximate surface area is 241 Å². The van der Waals surface area contributed by atoms with Gasteiger partial charge in [0.05, 0.1) is 5.56 Å². The van der Waals surface area contributed by atoms with Crippen molar-refractivity contribution in [3.05, 3.63) is 83.6 Å². The zero-order chi connectivity index (χ0) is 29.6. The average Bonchev–Trinajstić information content (AvgIpc) is 3.31. The van der Waals surface area contributed by atoms with E-state index in [4.69, 9.17) is 15.9 Å². The summed E-state index contributed by atoms with van der Waals surface area (Å²) >= 11 is 0. The Kier molecular flexibility index (Phi) is 9.32. The molecule has 0 radical (unpaired) electrons. The Hall–Kier alpha value is -4.33. The molecule has 0 saturated heterocycles. The Morgan fingerprint density at radius 3 is 2.37 bits per heavy atom. The van der Waals surface area contributed by atoms with Crippen molar-refractivity contribution in [1.29, 1.82) is 5.41 Å². The standard InChI is InChI=1S/C27H28N4O.C6H13NO2/c28-26(29)19-13-14-23-24(27(32)30-21-10-2-1-3-11-21)17-31(25(23)15-19)16-20-9-6-8-18-7-4-5-12-22(18)20;1-6(2,3)9-5(8)7-4/h4-9,12-15,17,21H,1-3,10-11,16H2,(H3,28,29)(H,30,32);1-4H3,(H,7,8). The quantitative estimate of drug-likeness (QED) is 0.170. The summed E-state index contributed by atoms with van der Waals surface area (Å²) in [5, 5.41) is 16.8. The lowest BCUT2D eigenvalue weighted by molar-refractivity contribution is 0.0541. The van der Waals surface area contributed by atoms with E-state index in [1.807, 2.05) is 51.2 Å². The van der Waals surface area contributed by atoms with Crippen LogP contribution in [-0.2, 0) is 11.3 Å². The fraction of sp³-hybridized carbons (Fsp3) is 0.364. The molecule has 216 valence electrons. The summed E-state index contributed by atoms with van der Waals surface area (Å²) in [6.45, 7) is 6.10. The number of carbonyl (C=O) groups excluding carboxylic acids is 2. The number of nitrogens with one attached hydrogen (secondary N) is 3. The molecular weight excluding hydrogens is 514 g/mol. The van der Waals surface area contributed by atoms with Gasteiger partial charge < -0.3 is 25.7 Å². The van der Waals surface area contributed by atoms with Gasteiger partial charge in [-0.2, -0.15) is 0 Å². The van der Waals surface area contributed by atoms with Crippen LogP contribution in [-0.4, -0.2) is 41.1 Å². The van der Waals surface area contributed by atoms with E-state index in [1.165, 1.54) is 42.6 Å². The molecular formula is C33H41N5O3. The number of ether oxygens (including phenoxy) is 1. The molecule has 2 amide bonds. The van der Waals surface area contributed by atoms with Gasteiger partial charge in [-0.25, -0.2) is 4.79 Å². The predicted octanol–water partition coefficient (Wildman–Crippen LogP) is 6.33. The molecule has 1 aromatic heterocycles. The smallest absolute Gasteiger partial charge is 0.407 e. The molecule has 5 N–H and O–H groups in total. The number of amidine groups is 1. The molecule has 1 aliphatic carbocycles. The molecule has 5 rings (SSSR count). The van der Waals surface area contributed by atoms with Crippen LogP contribution < -0.4 is 16.4 Å². The number of aromatic nitrogens is 1. The first kappa shape index (κ1) is 29.6. The van der Waals surface area contributed by atoms with Crippen molar-refractivity contribution in [1.82, 2.24) is 15.2 Å². The van der Waals surface area contributed by atoms with Crippen molar-refractivity contribution in [2.24, 2.45) is 5.73 Å². The zero-order valence-corrected chi connectivity index (χ0v) is 24.4. The van der Waals surface area contributed by atoms with Gasteiger partial charge in [0.15, 0.2) is 0 Å². The Bertz CT molecular complexity index is 1540. The third-order valence-corrected chi connectivity index (χ3v) is 7.20. The fourth-order valence-corrected chi connectivity index (χ4v) is 5.22. The first-order valence-corrected chi connectivity index (χ1v) is 14.2. The molecule has 0 unspecified atom stereocenters. The van der Waals surface area contributed by atoms with Crippen molar-refractivity contribution in [3.63, 3.8) is 0 Å². The fourth-order valence-electron chi connectivity index (χ4n) is 5.22. The highest BCUT2D eigenvalue weighted by Gasteiger charge is 2.21. The first-order chi connectivity index (χ1) is 19.6. The van der Waals surface area contributed by atoms with Gasteiger partial charge in [0.2, 0.25) is 0 Å². The van der Waals surface area contributed by atoms with Gasteiger partial charge in [0, 0.05) is 42.3 Å². The maximum Gasteiger partial charge on any atom is 0.407 e. The van der Waals surface area contributed by atoms with E-state index in [0.717, 1.165) is 23.7 Å². The Balaban J connectivity index is 0.000000374. The van der Waals surface area contributed by atoms with E-state index in [-0.39, 0.29) is 29.5 Å². The normalized spacial score (nSPS) is 13.8. The van der Waals surface area contributed by atoms with E-state index in [1.54, 1.807) is 0 Å². The molecule has 1 saturated carbocycles. The summed E-state index contributed by atoms with van der Waals surface area (Å²) in [6, 6.07) is 20.6. The van der Waals surface area contributed by atoms with Crippen LogP contribution in [0.5, 0.6) is 0 Å². The van der Waals surface area contributed by atoms with Gasteiger partial charge in [-0.1, -0.05) is 73.9 Å². The summed E-state index contributed by atoms with van der Waals surface area (Å²) < 4.78 is 6.95. The maximum absolute atomic E-state index is 13.2. The topological polar surface area (TPSA) is 122 Å². The van der Waals surface area contributed by atoms with E-state index in [9.17, 15) is 9.59 Å². The number of carbonyl (C=O) groups is 2. The summed E-state index contributed by atoms with van der Waals surface area (Å²) in [6.07, 6.45) is 7.27. The number of fused-ring (bicyclic) bond motifs is 2. The van der Waals surface area contributed by atoms with E-state index in [2.05, 4.69) is 51.6 Å². The lowest BCUT2D eigenvalue weighted by Gasteiger charge is -2.22. The minimum atomic E-state index is -0.389. The third-order valence-electron chi connectivity index (χ3n) is 7.20. The minimum absolute atomic E-state index is 0.0193. The Morgan fingerprint density at radius 2 is 1.71 bits per heavy atom. The van der Waals surface area contributed by atoms with Crippen molar-refractivity contribution < 1.29 is 14.3 Å². The number of nitrogen functional groups attached to an aromatic ring is 1. The van der Waals surface area contributed by atoms with Crippen LogP contribution in [0.15, 0.2) is 66.9 Å². The summed E-state index contributed by atoms with van der Waals surface area (Å²) in [7, 11) is 1.54. The average molecular weight is 556 g/mol. The van der Waals surface area contributed by atoms with E-state index < -0.39 is 0 Å². The number of rotatable bonds is 5. The van der Waals surface area contributed by atoms with Crippen molar-refractivity contribution >= 4 is 39.5 Å². The summed E-state index contributed by atoms with van der Waals surface area (Å²) in [5.74, 6) is 0.00663. The second kappa shape index (κ2) is 12.9. The molecule has 1 fully saturated rings. The number of hydrogen-bond acceptors (Lipinski definition) is 4. The van der Waals surface area contributed by atoms with Gasteiger partial charge >= 0.3 is 6.09 Å². The molecule has 3 aromatic carbocycles. The molecule has 1 aliphatic rings. The van der Waals surface area contributed by atoms with Crippen LogP contribution in [0.4, 0.5) is 4.79 Å². The highest BCUT2D eigenvalue weighted by molar-refractivity contribution is 6.09. The summed E-state index contributed by atoms with van der Waals surface area (Å²) in [4.78, 5) is 23.7. The SMILES string of the molecule is CNC(=O)OC(C)(C)C.N=C(N)c1ccc2c(C(=O)NC3CCCCC3)cn(Cc3cccc4ccccc34)c2c1. The number of benzene rings is 3. The highest BCUT2D eigenvalue weighted by atomic mass is 16.6. The molecule has 4 aromatic rings. The molecule has 0 bridgehead atoms. The van der Waals surface area contributed by atoms with Crippen LogP contribution in [0.2, 0.25) is 0 Å². The number of nitrogens with zero attached hydrogens (tertiary/aromatic N) is 1. The largest absolute Gasteiger partial charge is 0.444 e. The van der Waals surface area contributed by atoms with Crippen LogP contribution in [0, 0.1) is 5.41 Å². The third kappa shape index (κ3) is 7.66. The minimum Gasteiger partial charge on any atom is -0.444 e. The molecule has 8 heteroatoms. The second-order valence-corrected chi connectivity index (χ2v) is 11.5. The van der Waals surface area contributed by atoms with Gasteiger partial charge in [0.1, 0.15) is 11.4 Å². The molecule has 8 nitrogen and oxygen atoms in total. The van der Waals surface area contributed by atoms with Gasteiger partial charge in [-0.15, -0.1) is 0 Å². The number of alkyl carbamates (subject to hydrolysis) is 1. The molecule has 0 aliphatic heterocycles. The van der Waals surface area contributed by atoms with Crippen molar-refractivity contribution in [3.8, 4) is 0 Å². The van der Waals surface area contributed by atoms with Crippen molar-refractivity contribution in [2.75, 3.05) is 7.05 Å².